The van der Waals surface area contributed by atoms with E-state index in [-0.39, 0.29) is 0 Å². The molecule has 0 unspecified atom stereocenters. The zero-order chi connectivity index (χ0) is 15.4. The lowest BCUT2D eigenvalue weighted by Crippen LogP contribution is -2.24. The third-order valence-corrected chi connectivity index (χ3v) is 4.29. The predicted octanol–water partition coefficient (Wildman–Crippen LogP) is 2.84. The van der Waals surface area contributed by atoms with E-state index >= 15 is 0 Å². The average molecular weight is 288 g/mol. The van der Waals surface area contributed by atoms with E-state index in [1.165, 1.54) is 16.6 Å². The Bertz CT molecular complexity index is 596. The van der Waals surface area contributed by atoms with E-state index in [4.69, 9.17) is 10.7 Å². The van der Waals surface area contributed by atoms with E-state index in [0.29, 0.717) is 0 Å². The first-order chi connectivity index (χ1) is 10.1. The minimum absolute atomic E-state index is 0.717. The van der Waals surface area contributed by atoms with Crippen molar-refractivity contribution in [3.63, 3.8) is 0 Å². The second-order valence-corrected chi connectivity index (χ2v) is 5.71. The third kappa shape index (κ3) is 3.44. The predicted molar refractivity (Wildman–Crippen MR) is 89.5 cm³/mol. The van der Waals surface area contributed by atoms with Crippen molar-refractivity contribution in [1.29, 1.82) is 0 Å². The van der Waals surface area contributed by atoms with Crippen molar-refractivity contribution in [1.82, 2.24) is 14.5 Å². The Kier molecular flexibility index (Phi) is 5.37. The van der Waals surface area contributed by atoms with Gasteiger partial charge in [-0.25, -0.2) is 4.98 Å². The first kappa shape index (κ1) is 16.0. The van der Waals surface area contributed by atoms with Crippen molar-refractivity contribution >= 4 is 11.0 Å². The maximum atomic E-state index is 5.70. The number of rotatable bonds is 7. The molecule has 0 bridgehead atoms. The minimum atomic E-state index is 0.717. The van der Waals surface area contributed by atoms with Crippen LogP contribution in [0.15, 0.2) is 12.1 Å². The summed E-state index contributed by atoms with van der Waals surface area (Å²) < 4.78 is 2.35. The molecule has 2 rings (SSSR count). The van der Waals surface area contributed by atoms with Crippen LogP contribution in [0.25, 0.3) is 11.0 Å². The molecule has 2 aromatic rings. The Morgan fingerprint density at radius 3 is 2.43 bits per heavy atom. The fourth-order valence-electron chi connectivity index (χ4n) is 2.70. The van der Waals surface area contributed by atoms with Gasteiger partial charge in [0.05, 0.1) is 17.6 Å². The summed E-state index contributed by atoms with van der Waals surface area (Å²) >= 11 is 0. The Hall–Kier alpha value is -1.39. The molecule has 0 atom stereocenters. The van der Waals surface area contributed by atoms with Gasteiger partial charge in [0.1, 0.15) is 5.82 Å². The SMILES string of the molecule is CCN(CC)Cc1nc2cc(C)c(C)cc2n1CCCN. The Labute approximate surface area is 128 Å². The summed E-state index contributed by atoms with van der Waals surface area (Å²) in [6.07, 6.45) is 0.990. The summed E-state index contributed by atoms with van der Waals surface area (Å²) in [5.41, 5.74) is 10.7. The number of nitrogens with two attached hydrogens (primary N) is 1. The summed E-state index contributed by atoms with van der Waals surface area (Å²) in [6, 6.07) is 4.47. The number of hydrogen-bond acceptors (Lipinski definition) is 3. The van der Waals surface area contributed by atoms with Gasteiger partial charge >= 0.3 is 0 Å². The van der Waals surface area contributed by atoms with Crippen molar-refractivity contribution in [2.24, 2.45) is 5.73 Å². The first-order valence-corrected chi connectivity index (χ1v) is 7.99. The topological polar surface area (TPSA) is 47.1 Å². The summed E-state index contributed by atoms with van der Waals surface area (Å²) in [5, 5.41) is 0. The molecular weight excluding hydrogens is 260 g/mol. The summed E-state index contributed by atoms with van der Waals surface area (Å²) in [6.45, 7) is 13.4. The van der Waals surface area contributed by atoms with Crippen molar-refractivity contribution in [2.45, 2.75) is 47.2 Å². The molecule has 0 fully saturated rings. The van der Waals surface area contributed by atoms with Gasteiger partial charge in [-0.1, -0.05) is 13.8 Å². The fourth-order valence-corrected chi connectivity index (χ4v) is 2.70. The van der Waals surface area contributed by atoms with Gasteiger partial charge in [-0.3, -0.25) is 4.90 Å². The van der Waals surface area contributed by atoms with Crippen LogP contribution in [0.5, 0.6) is 0 Å². The van der Waals surface area contributed by atoms with E-state index < -0.39 is 0 Å². The zero-order valence-corrected chi connectivity index (χ0v) is 13.8. The lowest BCUT2D eigenvalue weighted by molar-refractivity contribution is 0.284. The number of aryl methyl sites for hydroxylation is 3. The van der Waals surface area contributed by atoms with Gasteiger partial charge in [0.2, 0.25) is 0 Å². The highest BCUT2D eigenvalue weighted by atomic mass is 15.2. The highest BCUT2D eigenvalue weighted by molar-refractivity contribution is 5.78. The molecule has 0 radical (unpaired) electrons. The Morgan fingerprint density at radius 1 is 1.14 bits per heavy atom. The lowest BCUT2D eigenvalue weighted by atomic mass is 10.1. The number of nitrogens with zero attached hydrogens (tertiary/aromatic N) is 3. The second-order valence-electron chi connectivity index (χ2n) is 5.71. The maximum Gasteiger partial charge on any atom is 0.124 e. The monoisotopic (exact) mass is 288 g/mol. The molecule has 0 aliphatic rings. The highest BCUT2D eigenvalue weighted by Crippen LogP contribution is 2.22. The summed E-state index contributed by atoms with van der Waals surface area (Å²) in [7, 11) is 0. The van der Waals surface area contributed by atoms with Gasteiger partial charge in [-0.2, -0.15) is 0 Å². The average Bonchev–Trinajstić information content (AvgIpc) is 2.79. The van der Waals surface area contributed by atoms with E-state index in [1.807, 2.05) is 0 Å². The van der Waals surface area contributed by atoms with Crippen molar-refractivity contribution in [3.05, 3.63) is 29.1 Å². The normalized spacial score (nSPS) is 11.7. The molecular formula is C17H28N4. The molecule has 1 heterocycles. The smallest absolute Gasteiger partial charge is 0.124 e. The number of fused-ring (bicyclic) bond motifs is 1. The van der Waals surface area contributed by atoms with Crippen molar-refractivity contribution in [2.75, 3.05) is 19.6 Å². The van der Waals surface area contributed by atoms with Crippen LogP contribution in [0.1, 0.15) is 37.2 Å². The molecule has 0 saturated carbocycles. The van der Waals surface area contributed by atoms with Gasteiger partial charge in [0, 0.05) is 6.54 Å². The molecule has 1 aromatic heterocycles. The highest BCUT2D eigenvalue weighted by Gasteiger charge is 2.13. The first-order valence-electron chi connectivity index (χ1n) is 7.99. The van der Waals surface area contributed by atoms with E-state index in [1.54, 1.807) is 0 Å². The van der Waals surface area contributed by atoms with Crippen LogP contribution < -0.4 is 5.73 Å². The van der Waals surface area contributed by atoms with Gasteiger partial charge in [-0.15, -0.1) is 0 Å². The van der Waals surface area contributed by atoms with Crippen LogP contribution in [-0.4, -0.2) is 34.1 Å². The number of aromatic nitrogens is 2. The van der Waals surface area contributed by atoms with Crippen LogP contribution in [0.3, 0.4) is 0 Å². The molecule has 2 N–H and O–H groups in total. The zero-order valence-electron chi connectivity index (χ0n) is 13.8. The fraction of sp³-hybridized carbons (Fsp3) is 0.588. The third-order valence-electron chi connectivity index (χ3n) is 4.29. The number of imidazole rings is 1. The van der Waals surface area contributed by atoms with Gasteiger partial charge in [-0.05, 0) is 63.2 Å². The molecule has 0 aliphatic carbocycles. The largest absolute Gasteiger partial charge is 0.330 e. The summed E-state index contributed by atoms with van der Waals surface area (Å²) in [4.78, 5) is 7.29. The summed E-state index contributed by atoms with van der Waals surface area (Å²) in [5.74, 6) is 1.16. The van der Waals surface area contributed by atoms with Gasteiger partial charge in [0.15, 0.2) is 0 Å². The van der Waals surface area contributed by atoms with Crippen LogP contribution in [0, 0.1) is 13.8 Å². The minimum Gasteiger partial charge on any atom is -0.330 e. The second kappa shape index (κ2) is 7.05. The molecule has 0 amide bonds. The van der Waals surface area contributed by atoms with Crippen LogP contribution in [0.2, 0.25) is 0 Å². The number of benzene rings is 1. The molecule has 4 heteroatoms. The van der Waals surface area contributed by atoms with E-state index in [9.17, 15) is 0 Å². The van der Waals surface area contributed by atoms with Crippen LogP contribution in [-0.2, 0) is 13.1 Å². The van der Waals surface area contributed by atoms with E-state index in [2.05, 4.69) is 49.3 Å². The maximum absolute atomic E-state index is 5.70. The van der Waals surface area contributed by atoms with E-state index in [0.717, 1.165) is 50.5 Å². The standard InChI is InChI=1S/C17H28N4/c1-5-20(6-2)12-17-19-15-10-13(3)14(4)11-16(15)21(17)9-7-8-18/h10-11H,5-9,12,18H2,1-4H3. The molecule has 0 saturated heterocycles. The van der Waals surface area contributed by atoms with Crippen molar-refractivity contribution < 1.29 is 0 Å². The quantitative estimate of drug-likeness (QED) is 0.852. The molecule has 1 aromatic carbocycles. The van der Waals surface area contributed by atoms with Crippen LogP contribution >= 0.6 is 0 Å². The van der Waals surface area contributed by atoms with Gasteiger partial charge < -0.3 is 10.3 Å². The Morgan fingerprint density at radius 2 is 1.81 bits per heavy atom. The van der Waals surface area contributed by atoms with Gasteiger partial charge in [0.25, 0.3) is 0 Å². The molecule has 0 aliphatic heterocycles. The molecule has 0 spiro atoms. The molecule has 4 nitrogen and oxygen atoms in total. The molecule has 21 heavy (non-hydrogen) atoms. The van der Waals surface area contributed by atoms with Crippen molar-refractivity contribution in [3.8, 4) is 0 Å². The number of hydrogen-bond donors (Lipinski definition) is 1. The van der Waals surface area contributed by atoms with Crippen LogP contribution in [0.4, 0.5) is 0 Å². The Balaban J connectivity index is 2.46. The molecule has 116 valence electrons. The lowest BCUT2D eigenvalue weighted by Gasteiger charge is -2.18.